The first-order chi connectivity index (χ1) is 8.90. The van der Waals surface area contributed by atoms with Crippen molar-refractivity contribution in [3.05, 3.63) is 42.7 Å². The predicted octanol–water partition coefficient (Wildman–Crippen LogP) is 2.60. The minimum Gasteiger partial charge on any atom is -0.356 e. The molecule has 4 rings (SSSR count). The first kappa shape index (κ1) is 10.1. The summed E-state index contributed by atoms with van der Waals surface area (Å²) in [5.41, 5.74) is 2.07. The SMILES string of the molecule is c1ccc(-c2ccc(N3CC4CC4C3)nc2)nc1. The lowest BCUT2D eigenvalue weighted by molar-refractivity contribution is 0.805. The lowest BCUT2D eigenvalue weighted by Crippen LogP contribution is -2.22. The minimum absolute atomic E-state index is 0.947. The summed E-state index contributed by atoms with van der Waals surface area (Å²) < 4.78 is 0. The van der Waals surface area contributed by atoms with Gasteiger partial charge < -0.3 is 4.90 Å². The normalized spacial score (nSPS) is 25.0. The topological polar surface area (TPSA) is 29.0 Å². The molecule has 3 nitrogen and oxygen atoms in total. The van der Waals surface area contributed by atoms with Crippen LogP contribution in [0.25, 0.3) is 11.3 Å². The fraction of sp³-hybridized carbons (Fsp3) is 0.333. The molecule has 2 aliphatic rings. The van der Waals surface area contributed by atoms with Crippen molar-refractivity contribution in [2.75, 3.05) is 18.0 Å². The minimum atomic E-state index is 0.947. The number of hydrogen-bond acceptors (Lipinski definition) is 3. The molecule has 1 saturated heterocycles. The molecule has 3 heteroatoms. The molecule has 18 heavy (non-hydrogen) atoms. The van der Waals surface area contributed by atoms with Gasteiger partial charge in [0.2, 0.25) is 0 Å². The molecule has 1 aliphatic carbocycles. The summed E-state index contributed by atoms with van der Waals surface area (Å²) in [6.07, 6.45) is 5.18. The molecule has 0 radical (unpaired) electrons. The van der Waals surface area contributed by atoms with E-state index in [0.29, 0.717) is 0 Å². The Morgan fingerprint density at radius 3 is 2.56 bits per heavy atom. The maximum atomic E-state index is 4.58. The van der Waals surface area contributed by atoms with Crippen molar-refractivity contribution >= 4 is 5.82 Å². The zero-order valence-electron chi connectivity index (χ0n) is 10.2. The maximum absolute atomic E-state index is 4.58. The van der Waals surface area contributed by atoms with E-state index < -0.39 is 0 Å². The lowest BCUT2D eigenvalue weighted by Gasteiger charge is -2.18. The van der Waals surface area contributed by atoms with Crippen LogP contribution in [0, 0.1) is 11.8 Å². The zero-order chi connectivity index (χ0) is 11.9. The van der Waals surface area contributed by atoms with E-state index in [1.165, 1.54) is 19.5 Å². The molecule has 2 atom stereocenters. The zero-order valence-corrected chi connectivity index (χ0v) is 10.2. The molecule has 0 spiro atoms. The van der Waals surface area contributed by atoms with Crippen molar-refractivity contribution in [1.82, 2.24) is 9.97 Å². The molecule has 2 aromatic rings. The van der Waals surface area contributed by atoms with Crippen molar-refractivity contribution in [3.63, 3.8) is 0 Å². The van der Waals surface area contributed by atoms with Crippen LogP contribution in [0.2, 0.25) is 0 Å². The van der Waals surface area contributed by atoms with Crippen LogP contribution in [0.5, 0.6) is 0 Å². The molecule has 2 aromatic heterocycles. The van der Waals surface area contributed by atoms with Gasteiger partial charge in [0.15, 0.2) is 0 Å². The van der Waals surface area contributed by atoms with Gasteiger partial charge in [0.05, 0.1) is 5.69 Å². The van der Waals surface area contributed by atoms with Gasteiger partial charge in [-0.1, -0.05) is 6.07 Å². The van der Waals surface area contributed by atoms with Crippen molar-refractivity contribution in [2.24, 2.45) is 11.8 Å². The Balaban J connectivity index is 1.58. The average Bonchev–Trinajstić information content (AvgIpc) is 3.06. The van der Waals surface area contributed by atoms with Crippen LogP contribution < -0.4 is 4.90 Å². The van der Waals surface area contributed by atoms with E-state index in [1.807, 2.05) is 30.6 Å². The van der Waals surface area contributed by atoms with Crippen LogP contribution >= 0.6 is 0 Å². The van der Waals surface area contributed by atoms with E-state index in [9.17, 15) is 0 Å². The third-order valence-corrected chi connectivity index (χ3v) is 4.01. The van der Waals surface area contributed by atoms with Gasteiger partial charge in [-0.25, -0.2) is 4.98 Å². The van der Waals surface area contributed by atoms with Crippen LogP contribution in [0.4, 0.5) is 5.82 Å². The van der Waals surface area contributed by atoms with Crippen LogP contribution in [0.3, 0.4) is 0 Å². The molecule has 2 fully saturated rings. The van der Waals surface area contributed by atoms with Crippen LogP contribution in [-0.2, 0) is 0 Å². The van der Waals surface area contributed by atoms with E-state index in [4.69, 9.17) is 0 Å². The number of anilines is 1. The van der Waals surface area contributed by atoms with Gasteiger partial charge in [-0.2, -0.15) is 0 Å². The summed E-state index contributed by atoms with van der Waals surface area (Å²) >= 11 is 0. The molecule has 1 aliphatic heterocycles. The maximum Gasteiger partial charge on any atom is 0.128 e. The van der Waals surface area contributed by atoms with E-state index in [-0.39, 0.29) is 0 Å². The summed E-state index contributed by atoms with van der Waals surface area (Å²) in [6, 6.07) is 10.2. The van der Waals surface area contributed by atoms with Gasteiger partial charge in [0, 0.05) is 31.0 Å². The second-order valence-electron chi connectivity index (χ2n) is 5.28. The monoisotopic (exact) mass is 237 g/mol. The highest BCUT2D eigenvalue weighted by molar-refractivity contribution is 5.59. The smallest absolute Gasteiger partial charge is 0.128 e. The Bertz CT molecular complexity index is 540. The largest absolute Gasteiger partial charge is 0.356 e. The number of nitrogens with zero attached hydrogens (tertiary/aromatic N) is 3. The Kier molecular flexibility index (Phi) is 2.13. The lowest BCUT2D eigenvalue weighted by atomic mass is 10.2. The van der Waals surface area contributed by atoms with Crippen LogP contribution in [0.15, 0.2) is 42.7 Å². The summed E-state index contributed by atoms with van der Waals surface area (Å²) in [5.74, 6) is 3.01. The molecule has 0 N–H and O–H groups in total. The summed E-state index contributed by atoms with van der Waals surface area (Å²) in [4.78, 5) is 11.3. The number of piperidine rings is 1. The molecule has 0 aromatic carbocycles. The fourth-order valence-corrected chi connectivity index (χ4v) is 2.84. The van der Waals surface area contributed by atoms with Gasteiger partial charge in [-0.15, -0.1) is 0 Å². The van der Waals surface area contributed by atoms with Crippen LogP contribution in [0.1, 0.15) is 6.42 Å². The summed E-state index contributed by atoms with van der Waals surface area (Å²) in [7, 11) is 0. The van der Waals surface area contributed by atoms with Gasteiger partial charge in [0.1, 0.15) is 5.82 Å². The van der Waals surface area contributed by atoms with E-state index >= 15 is 0 Å². The number of aromatic nitrogens is 2. The predicted molar refractivity (Wildman–Crippen MR) is 71.3 cm³/mol. The first-order valence-corrected chi connectivity index (χ1v) is 6.52. The Morgan fingerprint density at radius 2 is 1.89 bits per heavy atom. The third kappa shape index (κ3) is 1.67. The molecular formula is C15H15N3. The van der Waals surface area contributed by atoms with Crippen molar-refractivity contribution in [2.45, 2.75) is 6.42 Å². The average molecular weight is 237 g/mol. The Labute approximate surface area is 107 Å². The van der Waals surface area contributed by atoms with Crippen molar-refractivity contribution in [1.29, 1.82) is 0 Å². The van der Waals surface area contributed by atoms with E-state index in [0.717, 1.165) is 28.9 Å². The Hall–Kier alpha value is -1.90. The standard InChI is InChI=1S/C15H15N3/c1-2-6-16-14(3-1)11-4-5-15(17-8-11)18-9-12-7-13(12)10-18/h1-6,8,12-13H,7,9-10H2. The number of rotatable bonds is 2. The number of pyridine rings is 2. The molecule has 2 unspecified atom stereocenters. The van der Waals surface area contributed by atoms with Gasteiger partial charge in [-0.05, 0) is 42.5 Å². The first-order valence-electron chi connectivity index (χ1n) is 6.52. The van der Waals surface area contributed by atoms with Crippen LogP contribution in [-0.4, -0.2) is 23.1 Å². The number of fused-ring (bicyclic) bond motifs is 1. The molecular weight excluding hydrogens is 222 g/mol. The van der Waals surface area contributed by atoms with Gasteiger partial charge in [0.25, 0.3) is 0 Å². The van der Waals surface area contributed by atoms with E-state index in [2.05, 4.69) is 27.0 Å². The van der Waals surface area contributed by atoms with Crippen molar-refractivity contribution in [3.8, 4) is 11.3 Å². The molecule has 3 heterocycles. The molecule has 0 amide bonds. The molecule has 90 valence electrons. The molecule has 0 bridgehead atoms. The third-order valence-electron chi connectivity index (χ3n) is 4.01. The van der Waals surface area contributed by atoms with Gasteiger partial charge in [-0.3, -0.25) is 4.98 Å². The fourth-order valence-electron chi connectivity index (χ4n) is 2.84. The van der Waals surface area contributed by atoms with Gasteiger partial charge >= 0.3 is 0 Å². The summed E-state index contributed by atoms with van der Waals surface area (Å²) in [5, 5.41) is 0. The highest BCUT2D eigenvalue weighted by Crippen LogP contribution is 2.45. The van der Waals surface area contributed by atoms with Crippen molar-refractivity contribution < 1.29 is 0 Å². The quantitative estimate of drug-likeness (QED) is 0.804. The molecule has 1 saturated carbocycles. The number of hydrogen-bond donors (Lipinski definition) is 0. The second kappa shape index (κ2) is 3.80. The summed E-state index contributed by atoms with van der Waals surface area (Å²) in [6.45, 7) is 2.39. The highest BCUT2D eigenvalue weighted by atomic mass is 15.2. The highest BCUT2D eigenvalue weighted by Gasteiger charge is 2.45. The van der Waals surface area contributed by atoms with E-state index in [1.54, 1.807) is 0 Å². The Morgan fingerprint density at radius 1 is 1.00 bits per heavy atom. The second-order valence-corrected chi connectivity index (χ2v) is 5.28.